The fourth-order valence-corrected chi connectivity index (χ4v) is 4.04. The van der Waals surface area contributed by atoms with Gasteiger partial charge in [0.2, 0.25) is 0 Å². The van der Waals surface area contributed by atoms with Gasteiger partial charge in [-0.25, -0.2) is 8.42 Å². The van der Waals surface area contributed by atoms with Gasteiger partial charge in [0.15, 0.2) is 15.6 Å². The molecule has 0 saturated carbocycles. The van der Waals surface area contributed by atoms with Crippen molar-refractivity contribution < 1.29 is 22.4 Å². The van der Waals surface area contributed by atoms with Crippen LogP contribution in [0.15, 0.2) is 45.7 Å². The van der Waals surface area contributed by atoms with E-state index in [2.05, 4.69) is 4.90 Å². The molecule has 0 aliphatic carbocycles. The molecule has 0 unspecified atom stereocenters. The molecule has 3 rings (SSSR count). The lowest BCUT2D eigenvalue weighted by Crippen LogP contribution is -2.47. The van der Waals surface area contributed by atoms with Gasteiger partial charge in [-0.3, -0.25) is 4.79 Å². The molecule has 2 aromatic rings. The zero-order valence-corrected chi connectivity index (χ0v) is 15.7. The van der Waals surface area contributed by atoms with Crippen molar-refractivity contribution in [1.29, 1.82) is 0 Å². The van der Waals surface area contributed by atoms with E-state index in [0.717, 1.165) is 13.1 Å². The molecule has 1 saturated heterocycles. The Kier molecular flexibility index (Phi) is 5.33. The van der Waals surface area contributed by atoms with Crippen LogP contribution in [0.2, 0.25) is 0 Å². The first-order chi connectivity index (χ1) is 12.4. The van der Waals surface area contributed by atoms with Crippen molar-refractivity contribution >= 4 is 15.7 Å². The molecule has 2 heterocycles. The van der Waals surface area contributed by atoms with Gasteiger partial charge in [0.1, 0.15) is 17.3 Å². The Morgan fingerprint density at radius 2 is 1.73 bits per heavy atom. The van der Waals surface area contributed by atoms with E-state index < -0.39 is 9.84 Å². The number of piperazine rings is 1. The van der Waals surface area contributed by atoms with Gasteiger partial charge in [-0.2, -0.15) is 0 Å². The SMILES string of the molecule is COc1ccc(S(=O)(=O)Cc2ccc(C(=O)N3CCN(C)CC3)o2)cc1. The van der Waals surface area contributed by atoms with Crippen molar-refractivity contribution in [2.45, 2.75) is 10.6 Å². The molecule has 1 aromatic carbocycles. The van der Waals surface area contributed by atoms with E-state index in [4.69, 9.17) is 9.15 Å². The zero-order chi connectivity index (χ0) is 18.7. The average molecular weight is 378 g/mol. The van der Waals surface area contributed by atoms with E-state index in [-0.39, 0.29) is 28.1 Å². The molecule has 8 heteroatoms. The number of carbonyl (C=O) groups is 1. The highest BCUT2D eigenvalue weighted by Gasteiger charge is 2.24. The van der Waals surface area contributed by atoms with E-state index in [9.17, 15) is 13.2 Å². The number of methoxy groups -OCH3 is 1. The number of amides is 1. The highest BCUT2D eigenvalue weighted by molar-refractivity contribution is 7.90. The predicted octanol–water partition coefficient (Wildman–Crippen LogP) is 1.65. The Bertz CT molecular complexity index is 865. The van der Waals surface area contributed by atoms with Gasteiger partial charge in [0.05, 0.1) is 12.0 Å². The second-order valence-electron chi connectivity index (χ2n) is 6.30. The molecule has 0 spiro atoms. The van der Waals surface area contributed by atoms with E-state index >= 15 is 0 Å². The summed E-state index contributed by atoms with van der Waals surface area (Å²) in [5, 5.41) is 0. The maximum absolute atomic E-state index is 12.5. The third-order valence-corrected chi connectivity index (χ3v) is 6.07. The molecular weight excluding hydrogens is 356 g/mol. The molecule has 1 aromatic heterocycles. The number of sulfone groups is 1. The molecule has 0 N–H and O–H groups in total. The third kappa shape index (κ3) is 4.08. The Hall–Kier alpha value is -2.32. The Balaban J connectivity index is 1.70. The lowest BCUT2D eigenvalue weighted by molar-refractivity contribution is 0.0631. The van der Waals surface area contributed by atoms with Gasteiger partial charge in [-0.1, -0.05) is 0 Å². The van der Waals surface area contributed by atoms with Crippen LogP contribution in [-0.4, -0.2) is 64.5 Å². The summed E-state index contributed by atoms with van der Waals surface area (Å²) in [7, 11) is -0.0338. The second-order valence-corrected chi connectivity index (χ2v) is 8.29. The fraction of sp³-hybridized carbons (Fsp3) is 0.389. The highest BCUT2D eigenvalue weighted by atomic mass is 32.2. The summed E-state index contributed by atoms with van der Waals surface area (Å²) >= 11 is 0. The summed E-state index contributed by atoms with van der Waals surface area (Å²) in [6.45, 7) is 2.89. The minimum Gasteiger partial charge on any atom is -0.497 e. The summed E-state index contributed by atoms with van der Waals surface area (Å²) < 4.78 is 35.6. The van der Waals surface area contributed by atoms with Crippen LogP contribution >= 0.6 is 0 Å². The molecule has 1 aliphatic heterocycles. The van der Waals surface area contributed by atoms with Gasteiger partial charge in [0, 0.05) is 26.2 Å². The minimum absolute atomic E-state index is 0.175. The van der Waals surface area contributed by atoms with Crippen LogP contribution < -0.4 is 4.74 Å². The van der Waals surface area contributed by atoms with Crippen molar-refractivity contribution in [3.05, 3.63) is 47.9 Å². The molecule has 140 valence electrons. The second kappa shape index (κ2) is 7.51. The summed E-state index contributed by atoms with van der Waals surface area (Å²) in [4.78, 5) is 16.5. The van der Waals surface area contributed by atoms with Crippen molar-refractivity contribution in [3.8, 4) is 5.75 Å². The first kappa shape index (κ1) is 18.5. The smallest absolute Gasteiger partial charge is 0.289 e. The summed E-state index contributed by atoms with van der Waals surface area (Å²) in [5.74, 6) is 0.510. The van der Waals surface area contributed by atoms with Crippen molar-refractivity contribution in [2.75, 3.05) is 40.3 Å². The number of furan rings is 1. The van der Waals surface area contributed by atoms with Crippen LogP contribution in [0.3, 0.4) is 0 Å². The molecule has 0 atom stereocenters. The maximum atomic E-state index is 12.5. The number of likely N-dealkylation sites (N-methyl/N-ethyl adjacent to an activating group) is 1. The molecule has 26 heavy (non-hydrogen) atoms. The van der Waals surface area contributed by atoms with Crippen molar-refractivity contribution in [1.82, 2.24) is 9.80 Å². The summed E-state index contributed by atoms with van der Waals surface area (Å²) in [6, 6.07) is 9.26. The number of nitrogens with zero attached hydrogens (tertiary/aromatic N) is 2. The summed E-state index contributed by atoms with van der Waals surface area (Å²) in [5.41, 5.74) is 0. The van der Waals surface area contributed by atoms with Gasteiger partial charge in [-0.15, -0.1) is 0 Å². The molecule has 1 amide bonds. The Morgan fingerprint density at radius 3 is 2.35 bits per heavy atom. The molecule has 1 aliphatic rings. The Labute approximate surface area is 153 Å². The predicted molar refractivity (Wildman–Crippen MR) is 96.0 cm³/mol. The van der Waals surface area contributed by atoms with Crippen LogP contribution in [0.4, 0.5) is 0 Å². The topological polar surface area (TPSA) is 80.1 Å². The Morgan fingerprint density at radius 1 is 1.08 bits per heavy atom. The van der Waals surface area contributed by atoms with Crippen molar-refractivity contribution in [2.24, 2.45) is 0 Å². The molecular formula is C18H22N2O5S. The minimum atomic E-state index is -3.56. The number of benzene rings is 1. The van der Waals surface area contributed by atoms with Gasteiger partial charge < -0.3 is 19.0 Å². The average Bonchev–Trinajstić information content (AvgIpc) is 3.09. The van der Waals surface area contributed by atoms with Crippen LogP contribution in [0.5, 0.6) is 5.75 Å². The normalized spacial score (nSPS) is 15.8. The first-order valence-electron chi connectivity index (χ1n) is 8.32. The number of ether oxygens (including phenoxy) is 1. The molecule has 1 fully saturated rings. The molecule has 0 bridgehead atoms. The van der Waals surface area contributed by atoms with Crippen LogP contribution in [0, 0.1) is 0 Å². The standard InChI is InChI=1S/C18H22N2O5S/c1-19-9-11-20(12-10-19)18(21)17-8-5-15(25-17)13-26(22,23)16-6-3-14(24-2)4-7-16/h3-8H,9-13H2,1-2H3. The monoisotopic (exact) mass is 378 g/mol. The number of rotatable bonds is 5. The van der Waals surface area contributed by atoms with Crippen LogP contribution in [0.1, 0.15) is 16.3 Å². The summed E-state index contributed by atoms with van der Waals surface area (Å²) in [6.07, 6.45) is 0. The van der Waals surface area contributed by atoms with E-state index in [0.29, 0.717) is 18.8 Å². The van der Waals surface area contributed by atoms with Crippen LogP contribution in [0.25, 0.3) is 0 Å². The van der Waals surface area contributed by atoms with E-state index in [1.807, 2.05) is 7.05 Å². The fourth-order valence-electron chi connectivity index (χ4n) is 2.79. The van der Waals surface area contributed by atoms with Crippen LogP contribution in [-0.2, 0) is 15.6 Å². The number of hydrogen-bond acceptors (Lipinski definition) is 6. The van der Waals surface area contributed by atoms with Gasteiger partial charge in [0.25, 0.3) is 5.91 Å². The first-order valence-corrected chi connectivity index (χ1v) is 9.97. The maximum Gasteiger partial charge on any atom is 0.289 e. The lowest BCUT2D eigenvalue weighted by Gasteiger charge is -2.31. The lowest BCUT2D eigenvalue weighted by atomic mass is 10.3. The van der Waals surface area contributed by atoms with Crippen molar-refractivity contribution in [3.63, 3.8) is 0 Å². The van der Waals surface area contributed by atoms with Gasteiger partial charge >= 0.3 is 0 Å². The molecule has 7 nitrogen and oxygen atoms in total. The van der Waals surface area contributed by atoms with E-state index in [1.54, 1.807) is 29.2 Å². The largest absolute Gasteiger partial charge is 0.497 e. The quantitative estimate of drug-likeness (QED) is 0.787. The highest BCUT2D eigenvalue weighted by Crippen LogP contribution is 2.21. The number of carbonyl (C=O) groups excluding carboxylic acids is 1. The van der Waals surface area contributed by atoms with Gasteiger partial charge in [-0.05, 0) is 43.4 Å². The molecule has 0 radical (unpaired) electrons. The van der Waals surface area contributed by atoms with E-state index in [1.165, 1.54) is 19.2 Å². The number of hydrogen-bond donors (Lipinski definition) is 0. The third-order valence-electron chi connectivity index (χ3n) is 4.41. The zero-order valence-electron chi connectivity index (χ0n) is 14.8.